The Morgan fingerprint density at radius 3 is 2.81 bits per heavy atom. The second-order valence-electron chi connectivity index (χ2n) is 5.62. The van der Waals surface area contributed by atoms with Crippen LogP contribution in [-0.2, 0) is 9.84 Å². The molecule has 5 nitrogen and oxygen atoms in total. The second kappa shape index (κ2) is 7.22. The van der Waals surface area contributed by atoms with Crippen LogP contribution in [0, 0.1) is 0 Å². The van der Waals surface area contributed by atoms with Crippen LogP contribution in [0.2, 0.25) is 0 Å². The van der Waals surface area contributed by atoms with E-state index >= 15 is 0 Å². The molecule has 1 fully saturated rings. The minimum atomic E-state index is -2.87. The van der Waals surface area contributed by atoms with Crippen LogP contribution >= 0.6 is 0 Å². The minimum absolute atomic E-state index is 0.227. The van der Waals surface area contributed by atoms with Crippen LogP contribution in [0.3, 0.4) is 0 Å². The van der Waals surface area contributed by atoms with Crippen molar-refractivity contribution in [2.24, 2.45) is 0 Å². The molecule has 1 aliphatic rings. The summed E-state index contributed by atoms with van der Waals surface area (Å²) >= 11 is 0. The Morgan fingerprint density at radius 1 is 1.33 bits per heavy atom. The number of pyridine rings is 1. The molecule has 0 amide bonds. The average Bonchev–Trinajstić information content (AvgIpc) is 2.66. The smallest absolute Gasteiger partial charge is 0.152 e. The van der Waals surface area contributed by atoms with E-state index in [1.165, 1.54) is 0 Å². The predicted octanol–water partition coefficient (Wildman–Crippen LogP) is 1.77. The predicted molar refractivity (Wildman–Crippen MR) is 86.4 cm³/mol. The first kappa shape index (κ1) is 16.2. The van der Waals surface area contributed by atoms with Crippen LogP contribution in [0.1, 0.15) is 38.3 Å². The molecule has 1 N–H and O–H groups in total. The molecule has 2 heterocycles. The summed E-state index contributed by atoms with van der Waals surface area (Å²) in [6.07, 6.45) is 3.68. The van der Waals surface area contributed by atoms with Crippen molar-refractivity contribution in [1.29, 1.82) is 0 Å². The number of sulfone groups is 1. The van der Waals surface area contributed by atoms with Gasteiger partial charge in [0.1, 0.15) is 5.82 Å². The van der Waals surface area contributed by atoms with E-state index in [0.717, 1.165) is 30.9 Å². The Kier molecular flexibility index (Phi) is 5.58. The van der Waals surface area contributed by atoms with E-state index in [1.807, 2.05) is 12.3 Å². The molecule has 2 rings (SSSR count). The standard InChI is InChI=1S/C15H25N3O2S/c1-3-7-16-13(2)14-5-6-15(17-12-14)18-8-4-10-21(19,20)11-9-18/h5-6,12-13,16H,3-4,7-11H2,1-2H3. The summed E-state index contributed by atoms with van der Waals surface area (Å²) in [6.45, 7) is 6.57. The zero-order valence-corrected chi connectivity index (χ0v) is 13.7. The molecule has 1 aromatic heterocycles. The molecule has 0 aliphatic carbocycles. The third-order valence-electron chi connectivity index (χ3n) is 3.85. The van der Waals surface area contributed by atoms with Crippen molar-refractivity contribution in [2.75, 3.05) is 36.0 Å². The first-order chi connectivity index (χ1) is 10.0. The summed E-state index contributed by atoms with van der Waals surface area (Å²) in [6, 6.07) is 4.36. The summed E-state index contributed by atoms with van der Waals surface area (Å²) in [5.41, 5.74) is 1.16. The van der Waals surface area contributed by atoms with Crippen molar-refractivity contribution < 1.29 is 8.42 Å². The second-order valence-corrected chi connectivity index (χ2v) is 7.92. The fourth-order valence-electron chi connectivity index (χ4n) is 2.49. The topological polar surface area (TPSA) is 62.3 Å². The Bertz CT molecular complexity index is 543. The Balaban J connectivity index is 2.01. The molecule has 0 bridgehead atoms. The van der Waals surface area contributed by atoms with Gasteiger partial charge in [0.2, 0.25) is 0 Å². The fraction of sp³-hybridized carbons (Fsp3) is 0.667. The number of aromatic nitrogens is 1. The zero-order valence-electron chi connectivity index (χ0n) is 12.9. The number of nitrogens with zero attached hydrogens (tertiary/aromatic N) is 2. The van der Waals surface area contributed by atoms with E-state index in [4.69, 9.17) is 0 Å². The van der Waals surface area contributed by atoms with E-state index < -0.39 is 9.84 Å². The minimum Gasteiger partial charge on any atom is -0.356 e. The van der Waals surface area contributed by atoms with Gasteiger partial charge in [-0.05, 0) is 37.9 Å². The molecule has 0 spiro atoms. The molecule has 118 valence electrons. The van der Waals surface area contributed by atoms with Gasteiger partial charge >= 0.3 is 0 Å². The van der Waals surface area contributed by atoms with Crippen molar-refractivity contribution in [3.8, 4) is 0 Å². The fourth-order valence-corrected chi connectivity index (χ4v) is 3.76. The molecular weight excluding hydrogens is 286 g/mol. The molecule has 0 radical (unpaired) electrons. The van der Waals surface area contributed by atoms with E-state index in [0.29, 0.717) is 18.7 Å². The summed E-state index contributed by atoms with van der Waals surface area (Å²) < 4.78 is 23.3. The molecule has 1 unspecified atom stereocenters. The third kappa shape index (κ3) is 4.68. The van der Waals surface area contributed by atoms with E-state index in [9.17, 15) is 8.42 Å². The van der Waals surface area contributed by atoms with E-state index in [1.54, 1.807) is 0 Å². The average molecular weight is 311 g/mol. The van der Waals surface area contributed by atoms with E-state index in [2.05, 4.69) is 35.1 Å². The molecule has 1 aromatic rings. The van der Waals surface area contributed by atoms with Crippen molar-refractivity contribution in [3.63, 3.8) is 0 Å². The monoisotopic (exact) mass is 311 g/mol. The first-order valence-corrected chi connectivity index (χ1v) is 9.48. The lowest BCUT2D eigenvalue weighted by molar-refractivity contribution is 0.569. The van der Waals surface area contributed by atoms with Crippen LogP contribution in [0.15, 0.2) is 18.3 Å². The molecular formula is C15H25N3O2S. The SMILES string of the molecule is CCCNC(C)c1ccc(N2CCCS(=O)(=O)CC2)nc1. The summed E-state index contributed by atoms with van der Waals surface area (Å²) in [7, 11) is -2.87. The number of rotatable bonds is 5. The van der Waals surface area contributed by atoms with Gasteiger partial charge in [0, 0.05) is 25.3 Å². The zero-order chi connectivity index (χ0) is 15.3. The van der Waals surface area contributed by atoms with Gasteiger partial charge in [-0.25, -0.2) is 13.4 Å². The summed E-state index contributed by atoms with van der Waals surface area (Å²) in [5.74, 6) is 1.39. The van der Waals surface area contributed by atoms with Gasteiger partial charge in [-0.2, -0.15) is 0 Å². The van der Waals surface area contributed by atoms with Gasteiger partial charge in [0.25, 0.3) is 0 Å². The van der Waals surface area contributed by atoms with Gasteiger partial charge < -0.3 is 10.2 Å². The van der Waals surface area contributed by atoms with Gasteiger partial charge in [-0.3, -0.25) is 0 Å². The Hall–Kier alpha value is -1.14. The molecule has 1 saturated heterocycles. The highest BCUT2D eigenvalue weighted by Gasteiger charge is 2.20. The maximum atomic E-state index is 11.6. The molecule has 1 atom stereocenters. The lowest BCUT2D eigenvalue weighted by Crippen LogP contribution is -2.27. The van der Waals surface area contributed by atoms with Crippen molar-refractivity contribution in [3.05, 3.63) is 23.9 Å². The third-order valence-corrected chi connectivity index (χ3v) is 5.57. The van der Waals surface area contributed by atoms with Crippen LogP contribution in [0.4, 0.5) is 5.82 Å². The largest absolute Gasteiger partial charge is 0.356 e. The van der Waals surface area contributed by atoms with Crippen molar-refractivity contribution >= 4 is 15.7 Å². The summed E-state index contributed by atoms with van der Waals surface area (Å²) in [4.78, 5) is 6.58. The van der Waals surface area contributed by atoms with Gasteiger partial charge in [0.05, 0.1) is 11.5 Å². The lowest BCUT2D eigenvalue weighted by atomic mass is 10.1. The van der Waals surface area contributed by atoms with Gasteiger partial charge in [-0.1, -0.05) is 13.0 Å². The highest BCUT2D eigenvalue weighted by Crippen LogP contribution is 2.18. The number of hydrogen-bond donors (Lipinski definition) is 1. The molecule has 21 heavy (non-hydrogen) atoms. The number of hydrogen-bond acceptors (Lipinski definition) is 5. The number of nitrogens with one attached hydrogen (secondary N) is 1. The van der Waals surface area contributed by atoms with Gasteiger partial charge in [0.15, 0.2) is 9.84 Å². The van der Waals surface area contributed by atoms with Crippen LogP contribution in [0.5, 0.6) is 0 Å². The first-order valence-electron chi connectivity index (χ1n) is 7.66. The molecule has 6 heteroatoms. The van der Waals surface area contributed by atoms with Gasteiger partial charge in [-0.15, -0.1) is 0 Å². The molecule has 0 aromatic carbocycles. The highest BCUT2D eigenvalue weighted by atomic mass is 32.2. The lowest BCUT2D eigenvalue weighted by Gasteiger charge is -2.21. The molecule has 0 saturated carbocycles. The summed E-state index contributed by atoms with van der Waals surface area (Å²) in [5, 5.41) is 3.44. The number of anilines is 1. The maximum absolute atomic E-state index is 11.6. The maximum Gasteiger partial charge on any atom is 0.152 e. The highest BCUT2D eigenvalue weighted by molar-refractivity contribution is 7.91. The van der Waals surface area contributed by atoms with E-state index in [-0.39, 0.29) is 11.8 Å². The Labute approximate surface area is 127 Å². The quantitative estimate of drug-likeness (QED) is 0.898. The van der Waals surface area contributed by atoms with Crippen molar-refractivity contribution in [1.82, 2.24) is 10.3 Å². The normalized spacial score (nSPS) is 20.0. The van der Waals surface area contributed by atoms with Crippen LogP contribution < -0.4 is 10.2 Å². The molecule has 1 aliphatic heterocycles. The van der Waals surface area contributed by atoms with Crippen LogP contribution in [0.25, 0.3) is 0 Å². The van der Waals surface area contributed by atoms with Crippen molar-refractivity contribution in [2.45, 2.75) is 32.7 Å². The van der Waals surface area contributed by atoms with Crippen LogP contribution in [-0.4, -0.2) is 44.5 Å². The Morgan fingerprint density at radius 2 is 2.14 bits per heavy atom.